The van der Waals surface area contributed by atoms with Gasteiger partial charge < -0.3 is 10.4 Å². The van der Waals surface area contributed by atoms with Crippen molar-refractivity contribution in [2.24, 2.45) is 5.41 Å². The molecule has 1 aliphatic carbocycles. The van der Waals surface area contributed by atoms with Crippen molar-refractivity contribution < 1.29 is 9.90 Å². The predicted molar refractivity (Wildman–Crippen MR) is 80.8 cm³/mol. The second kappa shape index (κ2) is 5.48. The lowest BCUT2D eigenvalue weighted by Gasteiger charge is -2.12. The first-order valence-corrected chi connectivity index (χ1v) is 7.42. The van der Waals surface area contributed by atoms with Gasteiger partial charge >= 0.3 is 0 Å². The minimum absolute atomic E-state index is 0.0190. The first kappa shape index (κ1) is 14.1. The fourth-order valence-corrected chi connectivity index (χ4v) is 2.53. The van der Waals surface area contributed by atoms with Crippen molar-refractivity contribution in [3.8, 4) is 0 Å². The number of amides is 1. The summed E-state index contributed by atoms with van der Waals surface area (Å²) in [5.41, 5.74) is 2.23. The van der Waals surface area contributed by atoms with Gasteiger partial charge in [0.2, 0.25) is 5.91 Å². The number of carbonyl (C=O) groups excluding carboxylic acids is 1. The van der Waals surface area contributed by atoms with Crippen LogP contribution in [-0.2, 0) is 11.3 Å². The molecule has 2 N–H and O–H groups in total. The standard InChI is InChI=1S/C16H21N3O2/c1-12-2-3-14-13(8-12)9-18-19(14)7-4-15(21)17-10-16(11-20)5-6-16/h2-3,8-9,20H,4-7,10-11H2,1H3,(H,17,21). The van der Waals surface area contributed by atoms with Gasteiger partial charge in [-0.05, 0) is 31.9 Å². The second-order valence-electron chi connectivity index (χ2n) is 6.11. The van der Waals surface area contributed by atoms with E-state index >= 15 is 0 Å². The molecule has 21 heavy (non-hydrogen) atoms. The summed E-state index contributed by atoms with van der Waals surface area (Å²) in [6.45, 7) is 3.38. The number of aliphatic hydroxyl groups excluding tert-OH is 1. The van der Waals surface area contributed by atoms with E-state index in [9.17, 15) is 9.90 Å². The van der Waals surface area contributed by atoms with Crippen molar-refractivity contribution in [2.45, 2.75) is 32.7 Å². The normalized spacial score (nSPS) is 16.1. The highest BCUT2D eigenvalue weighted by atomic mass is 16.3. The van der Waals surface area contributed by atoms with Gasteiger partial charge in [0, 0.05) is 23.8 Å². The number of aromatic nitrogens is 2. The van der Waals surface area contributed by atoms with Gasteiger partial charge in [0.05, 0.1) is 24.9 Å². The molecule has 0 unspecified atom stereocenters. The lowest BCUT2D eigenvalue weighted by molar-refractivity contribution is -0.121. The van der Waals surface area contributed by atoms with Crippen LogP contribution in [0.2, 0.25) is 0 Å². The molecule has 0 spiro atoms. The van der Waals surface area contributed by atoms with E-state index in [1.54, 1.807) is 0 Å². The van der Waals surface area contributed by atoms with Crippen LogP contribution in [0.1, 0.15) is 24.8 Å². The summed E-state index contributed by atoms with van der Waals surface area (Å²) in [5, 5.41) is 17.6. The Morgan fingerprint density at radius 1 is 1.48 bits per heavy atom. The predicted octanol–water partition coefficient (Wildman–Crippen LogP) is 1.62. The third-order valence-corrected chi connectivity index (χ3v) is 4.30. The summed E-state index contributed by atoms with van der Waals surface area (Å²) in [5.74, 6) is 0.0190. The zero-order valence-electron chi connectivity index (χ0n) is 12.3. The smallest absolute Gasteiger partial charge is 0.221 e. The van der Waals surface area contributed by atoms with Gasteiger partial charge in [-0.25, -0.2) is 0 Å². The van der Waals surface area contributed by atoms with Crippen molar-refractivity contribution in [1.29, 1.82) is 0 Å². The van der Waals surface area contributed by atoms with Gasteiger partial charge in [-0.15, -0.1) is 0 Å². The fourth-order valence-electron chi connectivity index (χ4n) is 2.53. The Bertz CT molecular complexity index is 659. The molecule has 1 aromatic heterocycles. The summed E-state index contributed by atoms with van der Waals surface area (Å²) in [6, 6.07) is 6.19. The maximum Gasteiger partial charge on any atom is 0.221 e. The minimum atomic E-state index is -0.0361. The zero-order chi connectivity index (χ0) is 14.9. The SMILES string of the molecule is Cc1ccc2c(cnn2CCC(=O)NCC2(CO)CC2)c1. The van der Waals surface area contributed by atoms with Gasteiger partial charge in [-0.3, -0.25) is 9.48 Å². The number of nitrogens with one attached hydrogen (secondary N) is 1. The number of nitrogens with zero attached hydrogens (tertiary/aromatic N) is 2. The van der Waals surface area contributed by atoms with Gasteiger partial charge in [0.15, 0.2) is 0 Å². The molecule has 1 aromatic carbocycles. The molecule has 1 aliphatic rings. The molecule has 1 fully saturated rings. The molecule has 0 saturated heterocycles. The van der Waals surface area contributed by atoms with E-state index in [4.69, 9.17) is 0 Å². The molecule has 0 radical (unpaired) electrons. The third-order valence-electron chi connectivity index (χ3n) is 4.30. The summed E-state index contributed by atoms with van der Waals surface area (Å²) < 4.78 is 1.87. The van der Waals surface area contributed by atoms with Crippen molar-refractivity contribution >= 4 is 16.8 Å². The Hall–Kier alpha value is -1.88. The molecule has 5 nitrogen and oxygen atoms in total. The van der Waals surface area contributed by atoms with Crippen molar-refractivity contribution in [3.05, 3.63) is 30.0 Å². The molecular weight excluding hydrogens is 266 g/mol. The lowest BCUT2D eigenvalue weighted by atomic mass is 10.1. The number of carbonyl (C=O) groups is 1. The second-order valence-corrected chi connectivity index (χ2v) is 6.11. The monoisotopic (exact) mass is 287 g/mol. The Labute approximate surface area is 124 Å². The van der Waals surface area contributed by atoms with E-state index < -0.39 is 0 Å². The van der Waals surface area contributed by atoms with Gasteiger partial charge in [0.25, 0.3) is 0 Å². The first-order chi connectivity index (χ1) is 10.1. The molecule has 1 saturated carbocycles. The van der Waals surface area contributed by atoms with E-state index in [0.29, 0.717) is 19.5 Å². The highest BCUT2D eigenvalue weighted by Gasteiger charge is 2.41. The Balaban J connectivity index is 1.55. The van der Waals surface area contributed by atoms with Crippen LogP contribution in [0.15, 0.2) is 24.4 Å². The summed E-state index contributed by atoms with van der Waals surface area (Å²) >= 11 is 0. The maximum atomic E-state index is 11.9. The van der Waals surface area contributed by atoms with Crippen molar-refractivity contribution in [1.82, 2.24) is 15.1 Å². The number of hydrogen-bond donors (Lipinski definition) is 2. The molecule has 3 rings (SSSR count). The van der Waals surface area contributed by atoms with Crippen LogP contribution in [0.25, 0.3) is 10.9 Å². The number of hydrogen-bond acceptors (Lipinski definition) is 3. The number of rotatable bonds is 6. The molecule has 5 heteroatoms. The highest BCUT2D eigenvalue weighted by Crippen LogP contribution is 2.44. The Morgan fingerprint density at radius 3 is 3.00 bits per heavy atom. The van der Waals surface area contributed by atoms with Crippen LogP contribution in [0, 0.1) is 12.3 Å². The topological polar surface area (TPSA) is 67.2 Å². The largest absolute Gasteiger partial charge is 0.396 e. The van der Waals surface area contributed by atoms with Crippen molar-refractivity contribution in [3.63, 3.8) is 0 Å². The molecule has 0 bridgehead atoms. The molecule has 0 atom stereocenters. The molecule has 1 heterocycles. The summed E-state index contributed by atoms with van der Waals surface area (Å²) in [7, 11) is 0. The Morgan fingerprint density at radius 2 is 2.29 bits per heavy atom. The van der Waals surface area contributed by atoms with E-state index in [0.717, 1.165) is 23.7 Å². The fraction of sp³-hybridized carbons (Fsp3) is 0.500. The number of aliphatic hydroxyl groups is 1. The maximum absolute atomic E-state index is 11.9. The number of aryl methyl sites for hydroxylation is 2. The molecule has 1 amide bonds. The molecule has 0 aliphatic heterocycles. The summed E-state index contributed by atoms with van der Waals surface area (Å²) in [4.78, 5) is 11.9. The number of benzene rings is 1. The van der Waals surface area contributed by atoms with Crippen LogP contribution >= 0.6 is 0 Å². The Kier molecular flexibility index (Phi) is 3.68. The average molecular weight is 287 g/mol. The first-order valence-electron chi connectivity index (χ1n) is 7.42. The van der Waals surface area contributed by atoms with Crippen LogP contribution in [0.5, 0.6) is 0 Å². The van der Waals surface area contributed by atoms with Gasteiger partial charge in [0.1, 0.15) is 0 Å². The third kappa shape index (κ3) is 3.08. The van der Waals surface area contributed by atoms with E-state index in [1.165, 1.54) is 5.56 Å². The minimum Gasteiger partial charge on any atom is -0.396 e. The molecule has 112 valence electrons. The number of fused-ring (bicyclic) bond motifs is 1. The van der Waals surface area contributed by atoms with Crippen molar-refractivity contribution in [2.75, 3.05) is 13.2 Å². The molecule has 2 aromatic rings. The van der Waals surface area contributed by atoms with Gasteiger partial charge in [-0.1, -0.05) is 11.6 Å². The van der Waals surface area contributed by atoms with E-state index in [2.05, 4.69) is 29.5 Å². The van der Waals surface area contributed by atoms with Crippen LogP contribution in [0.3, 0.4) is 0 Å². The molecular formula is C16H21N3O2. The van der Waals surface area contributed by atoms with Gasteiger partial charge in [-0.2, -0.15) is 5.10 Å². The van der Waals surface area contributed by atoms with Crippen LogP contribution < -0.4 is 5.32 Å². The quantitative estimate of drug-likeness (QED) is 0.848. The van der Waals surface area contributed by atoms with E-state index in [1.807, 2.05) is 16.9 Å². The van der Waals surface area contributed by atoms with E-state index in [-0.39, 0.29) is 17.9 Å². The average Bonchev–Trinajstić information content (AvgIpc) is 3.17. The van der Waals surface area contributed by atoms with Crippen LogP contribution in [0.4, 0.5) is 0 Å². The summed E-state index contributed by atoms with van der Waals surface area (Å²) in [6.07, 6.45) is 4.26. The highest BCUT2D eigenvalue weighted by molar-refractivity contribution is 5.80. The van der Waals surface area contributed by atoms with Crippen LogP contribution in [-0.4, -0.2) is 33.9 Å². The lowest BCUT2D eigenvalue weighted by Crippen LogP contribution is -2.32. The zero-order valence-corrected chi connectivity index (χ0v) is 12.3.